The number of ketones is 1. The number of hydrogen-bond donors (Lipinski definition) is 0. The molecule has 1 saturated heterocycles. The van der Waals surface area contributed by atoms with E-state index in [9.17, 15) is 9.59 Å². The average Bonchev–Trinajstić information content (AvgIpc) is 2.70. The topological polar surface area (TPSA) is 55.8 Å². The smallest absolute Gasteiger partial charge is 0.259 e. The molecule has 9 heteroatoms. The molecule has 4 rings (SSSR count). The van der Waals surface area contributed by atoms with E-state index in [1.165, 1.54) is 7.11 Å². The second kappa shape index (κ2) is 8.12. The predicted molar refractivity (Wildman–Crippen MR) is 117 cm³/mol. The maximum absolute atomic E-state index is 13.1. The van der Waals surface area contributed by atoms with Crippen LogP contribution in [-0.4, -0.2) is 42.4 Å². The highest BCUT2D eigenvalue weighted by Crippen LogP contribution is 2.44. The minimum atomic E-state index is -0.708. The van der Waals surface area contributed by atoms with Crippen LogP contribution in [0.1, 0.15) is 40.0 Å². The number of halogens is 4. The van der Waals surface area contributed by atoms with Crippen molar-refractivity contribution in [2.24, 2.45) is 0 Å². The van der Waals surface area contributed by atoms with Crippen LogP contribution in [0.25, 0.3) is 0 Å². The summed E-state index contributed by atoms with van der Waals surface area (Å²) in [4.78, 5) is 27.5. The molecule has 30 heavy (non-hydrogen) atoms. The predicted octanol–water partition coefficient (Wildman–Crippen LogP) is 5.95. The maximum atomic E-state index is 13.1. The number of fused-ring (bicyclic) bond motifs is 1. The van der Waals surface area contributed by atoms with Crippen molar-refractivity contribution in [1.82, 2.24) is 4.90 Å². The largest absolute Gasteiger partial charge is 0.494 e. The van der Waals surface area contributed by atoms with Crippen molar-refractivity contribution in [3.63, 3.8) is 0 Å². The van der Waals surface area contributed by atoms with E-state index in [4.69, 9.17) is 55.9 Å². The van der Waals surface area contributed by atoms with E-state index in [0.29, 0.717) is 52.3 Å². The highest BCUT2D eigenvalue weighted by Gasteiger charge is 2.45. The molecule has 2 aliphatic rings. The SMILES string of the molecule is COc1c(Cl)ccc(Cl)c1C(=O)N1CCC2(CC1)CC(=O)c1cc(Cl)cc(Cl)c1O2. The number of methoxy groups -OCH3 is 1. The summed E-state index contributed by atoms with van der Waals surface area (Å²) in [5.74, 6) is 0.259. The Morgan fingerprint density at radius 2 is 1.73 bits per heavy atom. The zero-order valence-corrected chi connectivity index (χ0v) is 19.0. The van der Waals surface area contributed by atoms with Crippen molar-refractivity contribution >= 4 is 58.1 Å². The van der Waals surface area contributed by atoms with E-state index in [1.54, 1.807) is 29.2 Å². The lowest BCUT2D eigenvalue weighted by Gasteiger charge is -2.44. The van der Waals surface area contributed by atoms with E-state index in [0.717, 1.165) is 0 Å². The molecule has 0 aliphatic carbocycles. The normalized spacial score (nSPS) is 17.5. The monoisotopic (exact) mass is 487 g/mol. The quantitative estimate of drug-likeness (QED) is 0.524. The second-order valence-electron chi connectivity index (χ2n) is 7.38. The molecule has 0 radical (unpaired) electrons. The van der Waals surface area contributed by atoms with Gasteiger partial charge in [-0.2, -0.15) is 0 Å². The van der Waals surface area contributed by atoms with Crippen LogP contribution in [0.4, 0.5) is 0 Å². The van der Waals surface area contributed by atoms with Crippen molar-refractivity contribution in [3.8, 4) is 11.5 Å². The van der Waals surface area contributed by atoms with Crippen molar-refractivity contribution in [1.29, 1.82) is 0 Å². The minimum absolute atomic E-state index is 0.0695. The number of amides is 1. The van der Waals surface area contributed by atoms with Crippen LogP contribution in [-0.2, 0) is 0 Å². The second-order valence-corrected chi connectivity index (χ2v) is 9.04. The lowest BCUT2D eigenvalue weighted by atomic mass is 9.82. The number of carbonyl (C=O) groups is 2. The third-order valence-corrected chi connectivity index (χ3v) is 6.66. The molecule has 2 aromatic carbocycles. The van der Waals surface area contributed by atoms with Crippen molar-refractivity contribution < 1.29 is 19.1 Å². The van der Waals surface area contributed by atoms with E-state index in [1.807, 2.05) is 0 Å². The summed E-state index contributed by atoms with van der Waals surface area (Å²) in [5, 5.41) is 1.27. The molecule has 0 bridgehead atoms. The van der Waals surface area contributed by atoms with Crippen LogP contribution in [0.5, 0.6) is 11.5 Å². The number of benzene rings is 2. The molecule has 0 N–H and O–H groups in total. The average molecular weight is 489 g/mol. The first kappa shape index (κ1) is 21.6. The van der Waals surface area contributed by atoms with Crippen molar-refractivity contribution in [2.45, 2.75) is 24.9 Å². The summed E-state index contributed by atoms with van der Waals surface area (Å²) in [6.45, 7) is 0.775. The molecule has 2 aromatic rings. The molecule has 5 nitrogen and oxygen atoms in total. The number of ether oxygens (including phenoxy) is 2. The molecular formula is C21H17Cl4NO4. The van der Waals surface area contributed by atoms with Gasteiger partial charge in [0.2, 0.25) is 0 Å². The zero-order chi connectivity index (χ0) is 21.6. The zero-order valence-electron chi connectivity index (χ0n) is 15.9. The van der Waals surface area contributed by atoms with Crippen LogP contribution in [0.2, 0.25) is 20.1 Å². The number of Topliss-reactive ketones (excluding diaryl/α,β-unsaturated/α-hetero) is 1. The first-order chi connectivity index (χ1) is 14.2. The Bertz CT molecular complexity index is 1050. The van der Waals surface area contributed by atoms with Gasteiger partial charge in [-0.05, 0) is 24.3 Å². The lowest BCUT2D eigenvalue weighted by molar-refractivity contribution is -0.00569. The van der Waals surface area contributed by atoms with Gasteiger partial charge >= 0.3 is 0 Å². The highest BCUT2D eigenvalue weighted by molar-refractivity contribution is 6.37. The van der Waals surface area contributed by atoms with Gasteiger partial charge in [-0.3, -0.25) is 9.59 Å². The van der Waals surface area contributed by atoms with E-state index in [-0.39, 0.29) is 34.4 Å². The molecule has 1 spiro atoms. The Morgan fingerprint density at radius 3 is 2.40 bits per heavy atom. The number of piperidine rings is 1. The molecule has 2 heterocycles. The fourth-order valence-corrected chi connectivity index (χ4v) is 4.99. The van der Waals surface area contributed by atoms with Gasteiger partial charge < -0.3 is 14.4 Å². The fourth-order valence-electron chi connectivity index (χ4n) is 4.00. The van der Waals surface area contributed by atoms with Crippen molar-refractivity contribution in [3.05, 3.63) is 55.5 Å². The number of hydrogen-bond acceptors (Lipinski definition) is 4. The Morgan fingerprint density at radius 1 is 1.07 bits per heavy atom. The van der Waals surface area contributed by atoms with Crippen LogP contribution in [0, 0.1) is 0 Å². The molecule has 1 fully saturated rings. The lowest BCUT2D eigenvalue weighted by Crippen LogP contribution is -2.52. The van der Waals surface area contributed by atoms with Gasteiger partial charge in [0.1, 0.15) is 16.9 Å². The molecule has 158 valence electrons. The van der Waals surface area contributed by atoms with Gasteiger partial charge in [0.05, 0.1) is 34.2 Å². The van der Waals surface area contributed by atoms with Crippen LogP contribution < -0.4 is 9.47 Å². The summed E-state index contributed by atoms with van der Waals surface area (Å²) >= 11 is 24.7. The fraction of sp³-hybridized carbons (Fsp3) is 0.333. The van der Waals surface area contributed by atoms with Crippen LogP contribution in [0.3, 0.4) is 0 Å². The minimum Gasteiger partial charge on any atom is -0.494 e. The molecule has 0 aromatic heterocycles. The van der Waals surface area contributed by atoms with Gasteiger partial charge in [0.25, 0.3) is 5.91 Å². The highest BCUT2D eigenvalue weighted by atomic mass is 35.5. The van der Waals surface area contributed by atoms with Crippen molar-refractivity contribution in [2.75, 3.05) is 20.2 Å². The summed E-state index contributed by atoms with van der Waals surface area (Å²) in [6.07, 6.45) is 1.16. The molecule has 2 aliphatic heterocycles. The summed E-state index contributed by atoms with van der Waals surface area (Å²) < 4.78 is 11.5. The van der Waals surface area contributed by atoms with Gasteiger partial charge in [-0.15, -0.1) is 0 Å². The number of nitrogens with zero attached hydrogens (tertiary/aromatic N) is 1. The Kier molecular flexibility index (Phi) is 5.84. The molecular weight excluding hydrogens is 472 g/mol. The van der Waals surface area contributed by atoms with Crippen LogP contribution >= 0.6 is 46.4 Å². The molecule has 0 atom stereocenters. The van der Waals surface area contributed by atoms with Gasteiger partial charge in [0.15, 0.2) is 11.5 Å². The Labute approximate surface area is 193 Å². The van der Waals surface area contributed by atoms with E-state index in [2.05, 4.69) is 0 Å². The standard InChI is InChI=1S/C21H17Cl4NO4/c1-29-19-14(24)3-2-13(23)17(19)20(28)26-6-4-21(5-7-26)10-16(27)12-8-11(22)9-15(25)18(12)30-21/h2-3,8-9H,4-7,10H2,1H3. The summed E-state index contributed by atoms with van der Waals surface area (Å²) in [7, 11) is 1.44. The third kappa shape index (κ3) is 3.73. The number of likely N-dealkylation sites (tertiary alicyclic amines) is 1. The Hall–Kier alpha value is -1.66. The molecule has 0 unspecified atom stereocenters. The van der Waals surface area contributed by atoms with Gasteiger partial charge in [-0.25, -0.2) is 0 Å². The first-order valence-corrected chi connectivity index (χ1v) is 10.8. The molecule has 0 saturated carbocycles. The number of carbonyl (C=O) groups excluding carboxylic acids is 2. The van der Waals surface area contributed by atoms with E-state index < -0.39 is 5.60 Å². The third-order valence-electron chi connectivity index (χ3n) is 5.55. The number of rotatable bonds is 2. The maximum Gasteiger partial charge on any atom is 0.259 e. The molecule has 1 amide bonds. The first-order valence-electron chi connectivity index (χ1n) is 9.27. The van der Waals surface area contributed by atoms with E-state index >= 15 is 0 Å². The van der Waals surface area contributed by atoms with Crippen LogP contribution in [0.15, 0.2) is 24.3 Å². The summed E-state index contributed by atoms with van der Waals surface area (Å²) in [6, 6.07) is 6.28. The van der Waals surface area contributed by atoms with Gasteiger partial charge in [0, 0.05) is 31.0 Å². The Balaban J connectivity index is 1.56. The summed E-state index contributed by atoms with van der Waals surface area (Å²) in [5.41, 5.74) is -0.0843. The van der Waals surface area contributed by atoms with Gasteiger partial charge in [-0.1, -0.05) is 46.4 Å².